The number of thiazole rings is 1. The van der Waals surface area contributed by atoms with Gasteiger partial charge in [-0.3, -0.25) is 4.79 Å². The molecule has 21 heavy (non-hydrogen) atoms. The maximum atomic E-state index is 11.9. The fraction of sp³-hybridized carbons (Fsp3) is 0.400. The van der Waals surface area contributed by atoms with Gasteiger partial charge in [-0.15, -0.1) is 11.3 Å². The quantitative estimate of drug-likeness (QED) is 0.890. The molecule has 1 N–H and O–H groups in total. The van der Waals surface area contributed by atoms with E-state index < -0.39 is 0 Å². The van der Waals surface area contributed by atoms with Crippen LogP contribution in [0.2, 0.25) is 0 Å². The largest absolute Gasteiger partial charge is 0.370 e. The summed E-state index contributed by atoms with van der Waals surface area (Å²) in [7, 11) is 3.44. The van der Waals surface area contributed by atoms with Crippen LogP contribution < -0.4 is 5.32 Å². The van der Waals surface area contributed by atoms with Crippen LogP contribution in [0.25, 0.3) is 0 Å². The molecule has 2 aromatic heterocycles. The summed E-state index contributed by atoms with van der Waals surface area (Å²) in [4.78, 5) is 22.2. The first-order valence-electron chi connectivity index (χ1n) is 6.96. The number of anilines is 1. The maximum Gasteiger partial charge on any atom is 0.272 e. The summed E-state index contributed by atoms with van der Waals surface area (Å²) in [5, 5.41) is 6.47. The Bertz CT molecular complexity index is 609. The van der Waals surface area contributed by atoms with Crippen LogP contribution in [-0.4, -0.2) is 41.4 Å². The number of amides is 1. The maximum absolute atomic E-state index is 11.9. The molecule has 0 bridgehead atoms. The van der Waals surface area contributed by atoms with E-state index in [1.807, 2.05) is 12.1 Å². The molecule has 0 aliphatic carbocycles. The Kier molecular flexibility index (Phi) is 5.27. The highest BCUT2D eigenvalue weighted by Crippen LogP contribution is 2.12. The number of hydrogen-bond acceptors (Lipinski definition) is 5. The normalized spacial score (nSPS) is 10.4. The van der Waals surface area contributed by atoms with Crippen LogP contribution in [0.3, 0.4) is 0 Å². The van der Waals surface area contributed by atoms with Crippen molar-refractivity contribution in [2.45, 2.75) is 19.8 Å². The molecule has 0 aliphatic heterocycles. The van der Waals surface area contributed by atoms with E-state index in [9.17, 15) is 4.79 Å². The average Bonchev–Trinajstić information content (AvgIpc) is 2.94. The Morgan fingerprint density at radius 1 is 1.33 bits per heavy atom. The second-order valence-electron chi connectivity index (χ2n) is 4.87. The van der Waals surface area contributed by atoms with Crippen LogP contribution >= 0.6 is 11.3 Å². The van der Waals surface area contributed by atoms with Crippen molar-refractivity contribution in [1.29, 1.82) is 0 Å². The molecule has 0 aromatic carbocycles. The van der Waals surface area contributed by atoms with Crippen LogP contribution in [0.15, 0.2) is 23.6 Å². The summed E-state index contributed by atoms with van der Waals surface area (Å²) in [6.07, 6.45) is 1.83. The number of nitrogens with one attached hydrogen (secondary N) is 1. The highest BCUT2D eigenvalue weighted by atomic mass is 32.1. The molecule has 0 atom stereocenters. The smallest absolute Gasteiger partial charge is 0.272 e. The van der Waals surface area contributed by atoms with Crippen LogP contribution in [-0.2, 0) is 12.8 Å². The fourth-order valence-electron chi connectivity index (χ4n) is 1.81. The van der Waals surface area contributed by atoms with Crippen molar-refractivity contribution in [3.8, 4) is 0 Å². The van der Waals surface area contributed by atoms with Crippen molar-refractivity contribution < 1.29 is 4.79 Å². The minimum Gasteiger partial charge on any atom is -0.370 e. The van der Waals surface area contributed by atoms with E-state index in [2.05, 4.69) is 27.6 Å². The van der Waals surface area contributed by atoms with Crippen LogP contribution in [0, 0.1) is 0 Å². The van der Waals surface area contributed by atoms with Gasteiger partial charge in [-0.05, 0) is 18.6 Å². The molecule has 0 fully saturated rings. The van der Waals surface area contributed by atoms with Crippen molar-refractivity contribution in [3.05, 3.63) is 40.0 Å². The predicted molar refractivity (Wildman–Crippen MR) is 85.9 cm³/mol. The first-order valence-corrected chi connectivity index (χ1v) is 7.84. The molecule has 1 amide bonds. The second-order valence-corrected chi connectivity index (χ2v) is 5.81. The standard InChI is InChI=1S/C15H20N4OS/c1-4-11-10-21-14(17-11)8-9-16-13-7-5-6-12(18-13)15(20)19(2)3/h5-7,10H,4,8-9H2,1-3H3,(H,16,18). The predicted octanol–water partition coefficient (Wildman–Crippen LogP) is 2.46. The molecule has 0 saturated carbocycles. The molecule has 2 heterocycles. The van der Waals surface area contributed by atoms with E-state index >= 15 is 0 Å². The number of hydrogen-bond donors (Lipinski definition) is 1. The molecular formula is C15H20N4OS. The molecule has 0 unspecified atom stereocenters. The third-order valence-electron chi connectivity index (χ3n) is 2.98. The van der Waals surface area contributed by atoms with Gasteiger partial charge in [0.25, 0.3) is 5.91 Å². The summed E-state index contributed by atoms with van der Waals surface area (Å²) >= 11 is 1.69. The summed E-state index contributed by atoms with van der Waals surface area (Å²) in [6, 6.07) is 5.43. The minimum absolute atomic E-state index is 0.0915. The van der Waals surface area contributed by atoms with E-state index in [1.165, 1.54) is 4.90 Å². The molecule has 0 saturated heterocycles. The third-order valence-corrected chi connectivity index (χ3v) is 3.94. The van der Waals surface area contributed by atoms with Gasteiger partial charge in [-0.1, -0.05) is 13.0 Å². The minimum atomic E-state index is -0.0915. The molecule has 0 aliphatic rings. The van der Waals surface area contributed by atoms with Crippen molar-refractivity contribution in [3.63, 3.8) is 0 Å². The number of aromatic nitrogens is 2. The highest BCUT2D eigenvalue weighted by Gasteiger charge is 2.09. The summed E-state index contributed by atoms with van der Waals surface area (Å²) < 4.78 is 0. The number of pyridine rings is 1. The molecule has 112 valence electrons. The van der Waals surface area contributed by atoms with Gasteiger partial charge in [-0.2, -0.15) is 0 Å². The van der Waals surface area contributed by atoms with Crippen molar-refractivity contribution >= 4 is 23.1 Å². The van der Waals surface area contributed by atoms with E-state index in [0.717, 1.165) is 35.9 Å². The second kappa shape index (κ2) is 7.17. The number of nitrogens with zero attached hydrogens (tertiary/aromatic N) is 3. The van der Waals surface area contributed by atoms with Gasteiger partial charge in [0, 0.05) is 32.4 Å². The number of aryl methyl sites for hydroxylation is 1. The van der Waals surface area contributed by atoms with Gasteiger partial charge in [0.05, 0.1) is 10.7 Å². The van der Waals surface area contributed by atoms with Crippen molar-refractivity contribution in [2.75, 3.05) is 26.0 Å². The zero-order valence-electron chi connectivity index (χ0n) is 12.6. The van der Waals surface area contributed by atoms with Crippen LogP contribution in [0.1, 0.15) is 28.1 Å². The summed E-state index contributed by atoms with van der Waals surface area (Å²) in [5.41, 5.74) is 1.60. The van der Waals surface area contributed by atoms with E-state index in [1.54, 1.807) is 31.5 Å². The van der Waals surface area contributed by atoms with Gasteiger partial charge < -0.3 is 10.2 Å². The van der Waals surface area contributed by atoms with Gasteiger partial charge in [0.1, 0.15) is 11.5 Å². The Balaban J connectivity index is 1.91. The molecule has 0 radical (unpaired) electrons. The first kappa shape index (κ1) is 15.4. The lowest BCUT2D eigenvalue weighted by Gasteiger charge is -2.10. The lowest BCUT2D eigenvalue weighted by atomic mass is 10.3. The zero-order chi connectivity index (χ0) is 15.2. The molecular weight excluding hydrogens is 284 g/mol. The summed E-state index contributed by atoms with van der Waals surface area (Å²) in [6.45, 7) is 2.86. The molecule has 5 nitrogen and oxygen atoms in total. The Morgan fingerprint density at radius 3 is 2.81 bits per heavy atom. The monoisotopic (exact) mass is 304 g/mol. The molecule has 2 aromatic rings. The van der Waals surface area contributed by atoms with Gasteiger partial charge in [0.15, 0.2) is 0 Å². The van der Waals surface area contributed by atoms with Gasteiger partial charge >= 0.3 is 0 Å². The zero-order valence-corrected chi connectivity index (χ0v) is 13.4. The fourth-order valence-corrected chi connectivity index (χ4v) is 2.69. The number of rotatable bonds is 6. The van der Waals surface area contributed by atoms with Crippen molar-refractivity contribution in [2.24, 2.45) is 0 Å². The third kappa shape index (κ3) is 4.26. The van der Waals surface area contributed by atoms with E-state index in [-0.39, 0.29) is 5.91 Å². The topological polar surface area (TPSA) is 58.1 Å². The highest BCUT2D eigenvalue weighted by molar-refractivity contribution is 7.09. The van der Waals surface area contributed by atoms with E-state index in [0.29, 0.717) is 5.69 Å². The molecule has 0 spiro atoms. The SMILES string of the molecule is CCc1csc(CCNc2cccc(C(=O)N(C)C)n2)n1. The number of carbonyl (C=O) groups excluding carboxylic acids is 1. The Hall–Kier alpha value is -1.95. The van der Waals surface area contributed by atoms with Crippen molar-refractivity contribution in [1.82, 2.24) is 14.9 Å². The average molecular weight is 304 g/mol. The van der Waals surface area contributed by atoms with Gasteiger partial charge in [-0.25, -0.2) is 9.97 Å². The number of carbonyl (C=O) groups is 1. The van der Waals surface area contributed by atoms with Crippen LogP contribution in [0.4, 0.5) is 5.82 Å². The van der Waals surface area contributed by atoms with Gasteiger partial charge in [0.2, 0.25) is 0 Å². The molecule has 6 heteroatoms. The summed E-state index contributed by atoms with van der Waals surface area (Å²) in [5.74, 6) is 0.626. The Labute approximate surface area is 129 Å². The lowest BCUT2D eigenvalue weighted by Crippen LogP contribution is -2.23. The Morgan fingerprint density at radius 2 is 2.14 bits per heavy atom. The first-order chi connectivity index (χ1) is 10.1. The van der Waals surface area contributed by atoms with E-state index in [4.69, 9.17) is 0 Å². The van der Waals surface area contributed by atoms with Crippen LogP contribution in [0.5, 0.6) is 0 Å². The molecule has 2 rings (SSSR count). The lowest BCUT2D eigenvalue weighted by molar-refractivity contribution is 0.0822.